The predicted octanol–water partition coefficient (Wildman–Crippen LogP) is 2.07. The summed E-state index contributed by atoms with van der Waals surface area (Å²) in [5.41, 5.74) is 0. The minimum absolute atomic E-state index is 0.781. The Bertz CT molecular complexity index is 305. The van der Waals surface area contributed by atoms with Crippen molar-refractivity contribution in [2.75, 3.05) is 13.1 Å². The van der Waals surface area contributed by atoms with Gasteiger partial charge in [0.2, 0.25) is 0 Å². The average Bonchev–Trinajstić information content (AvgIpc) is 2.89. The van der Waals surface area contributed by atoms with Crippen molar-refractivity contribution in [1.82, 2.24) is 15.6 Å². The Hall–Kier alpha value is -0.450. The third-order valence-electron chi connectivity index (χ3n) is 3.04. The summed E-state index contributed by atoms with van der Waals surface area (Å²) < 4.78 is 0. The Labute approximate surface area is 102 Å². The molecule has 0 unspecified atom stereocenters. The number of hydrogen-bond donors (Lipinski definition) is 2. The molecular weight excluding hydrogens is 218 g/mol. The Morgan fingerprint density at radius 3 is 2.88 bits per heavy atom. The molecule has 90 valence electrons. The van der Waals surface area contributed by atoms with Gasteiger partial charge in [0.1, 0.15) is 5.01 Å². The summed E-state index contributed by atoms with van der Waals surface area (Å²) in [6.45, 7) is 5.12. The maximum Gasteiger partial charge on any atom is 0.107 e. The Kier molecular flexibility index (Phi) is 4.75. The van der Waals surface area contributed by atoms with Gasteiger partial charge >= 0.3 is 0 Å². The van der Waals surface area contributed by atoms with Gasteiger partial charge in [0.25, 0.3) is 0 Å². The number of hydrogen-bond acceptors (Lipinski definition) is 4. The van der Waals surface area contributed by atoms with Crippen LogP contribution < -0.4 is 10.6 Å². The minimum Gasteiger partial charge on any atom is -0.313 e. The summed E-state index contributed by atoms with van der Waals surface area (Å²) in [5.74, 6) is 0. The van der Waals surface area contributed by atoms with E-state index in [0.717, 1.165) is 25.7 Å². The topological polar surface area (TPSA) is 37.0 Å². The van der Waals surface area contributed by atoms with E-state index in [9.17, 15) is 0 Å². The van der Waals surface area contributed by atoms with Crippen LogP contribution in [0.3, 0.4) is 0 Å². The van der Waals surface area contributed by atoms with Crippen LogP contribution in [0.4, 0.5) is 0 Å². The fourth-order valence-electron chi connectivity index (χ4n) is 2.17. The van der Waals surface area contributed by atoms with E-state index < -0.39 is 0 Å². The van der Waals surface area contributed by atoms with E-state index in [-0.39, 0.29) is 0 Å². The van der Waals surface area contributed by atoms with Crippen molar-refractivity contribution in [1.29, 1.82) is 0 Å². The third kappa shape index (κ3) is 3.85. The SMILES string of the molecule is Cc1cnc(CNCCNC2CCCC2)s1. The van der Waals surface area contributed by atoms with E-state index in [1.54, 1.807) is 11.3 Å². The highest BCUT2D eigenvalue weighted by molar-refractivity contribution is 7.11. The van der Waals surface area contributed by atoms with Crippen molar-refractivity contribution in [2.24, 2.45) is 0 Å². The zero-order valence-corrected chi connectivity index (χ0v) is 10.8. The summed E-state index contributed by atoms with van der Waals surface area (Å²) in [6.07, 6.45) is 7.49. The molecule has 1 saturated carbocycles. The molecule has 1 heterocycles. The lowest BCUT2D eigenvalue weighted by Gasteiger charge is -2.11. The van der Waals surface area contributed by atoms with Crippen LogP contribution in [0.15, 0.2) is 6.20 Å². The maximum absolute atomic E-state index is 4.33. The first kappa shape index (κ1) is 12.0. The number of aromatic nitrogens is 1. The van der Waals surface area contributed by atoms with E-state index in [4.69, 9.17) is 0 Å². The Morgan fingerprint density at radius 1 is 1.38 bits per heavy atom. The molecule has 16 heavy (non-hydrogen) atoms. The standard InChI is InChI=1S/C12H21N3S/c1-10-8-15-12(16-10)9-13-6-7-14-11-4-2-3-5-11/h8,11,13-14H,2-7,9H2,1H3. The summed E-state index contributed by atoms with van der Waals surface area (Å²) >= 11 is 1.78. The first-order chi connectivity index (χ1) is 7.84. The van der Waals surface area contributed by atoms with Gasteiger partial charge in [0, 0.05) is 36.8 Å². The van der Waals surface area contributed by atoms with Gasteiger partial charge in [0.15, 0.2) is 0 Å². The van der Waals surface area contributed by atoms with E-state index in [1.165, 1.54) is 35.6 Å². The van der Waals surface area contributed by atoms with Crippen LogP contribution in [0.25, 0.3) is 0 Å². The van der Waals surface area contributed by atoms with E-state index in [1.807, 2.05) is 6.20 Å². The molecule has 4 heteroatoms. The number of aryl methyl sites for hydroxylation is 1. The molecule has 0 aliphatic heterocycles. The van der Waals surface area contributed by atoms with Crippen molar-refractivity contribution in [3.8, 4) is 0 Å². The van der Waals surface area contributed by atoms with Gasteiger partial charge in [0.05, 0.1) is 0 Å². The largest absolute Gasteiger partial charge is 0.313 e. The van der Waals surface area contributed by atoms with Crippen molar-refractivity contribution >= 4 is 11.3 Å². The second-order valence-electron chi connectivity index (χ2n) is 4.48. The number of rotatable bonds is 6. The summed E-state index contributed by atoms with van der Waals surface area (Å²) in [6, 6.07) is 0.781. The van der Waals surface area contributed by atoms with Gasteiger partial charge in [-0.25, -0.2) is 4.98 Å². The van der Waals surface area contributed by atoms with Gasteiger partial charge in [-0.15, -0.1) is 11.3 Å². The molecule has 2 N–H and O–H groups in total. The summed E-state index contributed by atoms with van der Waals surface area (Å²) in [7, 11) is 0. The van der Waals surface area contributed by atoms with Crippen LogP contribution in [0.2, 0.25) is 0 Å². The fourth-order valence-corrected chi connectivity index (χ4v) is 2.93. The first-order valence-electron chi connectivity index (χ1n) is 6.20. The van der Waals surface area contributed by atoms with Crippen LogP contribution >= 0.6 is 11.3 Å². The highest BCUT2D eigenvalue weighted by Crippen LogP contribution is 2.17. The lowest BCUT2D eigenvalue weighted by molar-refractivity contribution is 0.509. The summed E-state index contributed by atoms with van der Waals surface area (Å²) in [4.78, 5) is 5.62. The monoisotopic (exact) mass is 239 g/mol. The lowest BCUT2D eigenvalue weighted by Crippen LogP contribution is -2.33. The molecule has 1 aliphatic rings. The molecule has 0 saturated heterocycles. The smallest absolute Gasteiger partial charge is 0.107 e. The highest BCUT2D eigenvalue weighted by atomic mass is 32.1. The molecule has 0 bridgehead atoms. The Balaban J connectivity index is 1.51. The number of nitrogens with one attached hydrogen (secondary N) is 2. The molecule has 0 amide bonds. The molecule has 1 aliphatic carbocycles. The van der Waals surface area contributed by atoms with Crippen molar-refractivity contribution < 1.29 is 0 Å². The first-order valence-corrected chi connectivity index (χ1v) is 7.01. The Morgan fingerprint density at radius 2 is 2.19 bits per heavy atom. The van der Waals surface area contributed by atoms with Crippen LogP contribution in [0.1, 0.15) is 35.6 Å². The van der Waals surface area contributed by atoms with Crippen LogP contribution in [0.5, 0.6) is 0 Å². The third-order valence-corrected chi connectivity index (χ3v) is 3.95. The van der Waals surface area contributed by atoms with E-state index in [0.29, 0.717) is 0 Å². The molecule has 1 aromatic heterocycles. The van der Waals surface area contributed by atoms with Gasteiger partial charge in [-0.3, -0.25) is 0 Å². The van der Waals surface area contributed by atoms with Gasteiger partial charge in [-0.2, -0.15) is 0 Å². The van der Waals surface area contributed by atoms with Crippen molar-refractivity contribution in [3.05, 3.63) is 16.1 Å². The van der Waals surface area contributed by atoms with E-state index in [2.05, 4.69) is 22.5 Å². The molecule has 0 atom stereocenters. The summed E-state index contributed by atoms with van der Waals surface area (Å²) in [5, 5.41) is 8.21. The fraction of sp³-hybridized carbons (Fsp3) is 0.750. The van der Waals surface area contributed by atoms with Crippen LogP contribution in [0, 0.1) is 6.92 Å². The van der Waals surface area contributed by atoms with Gasteiger partial charge in [-0.05, 0) is 19.8 Å². The zero-order chi connectivity index (χ0) is 11.2. The molecule has 3 nitrogen and oxygen atoms in total. The highest BCUT2D eigenvalue weighted by Gasteiger charge is 2.12. The maximum atomic E-state index is 4.33. The normalized spacial score (nSPS) is 17.1. The molecule has 1 aromatic rings. The predicted molar refractivity (Wildman–Crippen MR) is 68.8 cm³/mol. The minimum atomic E-state index is 0.781. The molecule has 0 aromatic carbocycles. The quantitative estimate of drug-likeness (QED) is 0.746. The second kappa shape index (κ2) is 6.33. The molecular formula is C12H21N3S. The van der Waals surface area contributed by atoms with Crippen molar-refractivity contribution in [2.45, 2.75) is 45.2 Å². The average molecular weight is 239 g/mol. The van der Waals surface area contributed by atoms with E-state index >= 15 is 0 Å². The molecule has 1 fully saturated rings. The molecule has 0 spiro atoms. The van der Waals surface area contributed by atoms with Gasteiger partial charge in [-0.1, -0.05) is 12.8 Å². The number of nitrogens with zero attached hydrogens (tertiary/aromatic N) is 1. The van der Waals surface area contributed by atoms with Crippen LogP contribution in [-0.4, -0.2) is 24.1 Å². The second-order valence-corrected chi connectivity index (χ2v) is 5.80. The van der Waals surface area contributed by atoms with Crippen LogP contribution in [-0.2, 0) is 6.54 Å². The zero-order valence-electron chi connectivity index (χ0n) is 9.96. The lowest BCUT2D eigenvalue weighted by atomic mass is 10.2. The number of thiazole rings is 1. The molecule has 0 radical (unpaired) electrons. The molecule has 2 rings (SSSR count). The van der Waals surface area contributed by atoms with Gasteiger partial charge < -0.3 is 10.6 Å². The van der Waals surface area contributed by atoms with Crippen molar-refractivity contribution in [3.63, 3.8) is 0 Å².